The van der Waals surface area contributed by atoms with Crippen LogP contribution >= 0.6 is 0 Å². The van der Waals surface area contributed by atoms with E-state index in [9.17, 15) is 0 Å². The molecule has 5 heteroatoms. The average Bonchev–Trinajstić information content (AvgIpc) is 2.86. The van der Waals surface area contributed by atoms with Gasteiger partial charge >= 0.3 is 0 Å². The van der Waals surface area contributed by atoms with E-state index in [2.05, 4.69) is 17.1 Å². The molecule has 1 aliphatic rings. The fourth-order valence-electron chi connectivity index (χ4n) is 2.35. The van der Waals surface area contributed by atoms with E-state index in [4.69, 9.17) is 15.2 Å². The smallest absolute Gasteiger partial charge is 0.162 e. The zero-order valence-electron chi connectivity index (χ0n) is 10.9. The van der Waals surface area contributed by atoms with Crippen molar-refractivity contribution in [3.8, 4) is 22.8 Å². The predicted molar refractivity (Wildman–Crippen MR) is 72.5 cm³/mol. The fourth-order valence-corrected chi connectivity index (χ4v) is 2.35. The summed E-state index contributed by atoms with van der Waals surface area (Å²) in [5.41, 5.74) is 9.99. The number of nitrogens with one attached hydrogen (secondary N) is 1. The van der Waals surface area contributed by atoms with Crippen LogP contribution in [0.3, 0.4) is 0 Å². The number of hydrogen-bond acceptors (Lipinski definition) is 4. The monoisotopic (exact) mass is 259 g/mol. The van der Waals surface area contributed by atoms with Crippen LogP contribution < -0.4 is 15.2 Å². The van der Waals surface area contributed by atoms with E-state index in [1.54, 1.807) is 0 Å². The number of H-pyrrole nitrogens is 1. The second kappa shape index (κ2) is 4.93. The van der Waals surface area contributed by atoms with E-state index in [0.29, 0.717) is 19.8 Å². The van der Waals surface area contributed by atoms with Crippen molar-refractivity contribution in [2.75, 3.05) is 19.8 Å². The van der Waals surface area contributed by atoms with Crippen molar-refractivity contribution in [2.45, 2.75) is 13.3 Å². The molecule has 2 heterocycles. The van der Waals surface area contributed by atoms with Crippen molar-refractivity contribution in [1.82, 2.24) is 10.2 Å². The molecule has 3 rings (SSSR count). The number of rotatable bonds is 3. The van der Waals surface area contributed by atoms with E-state index in [-0.39, 0.29) is 0 Å². The van der Waals surface area contributed by atoms with Crippen molar-refractivity contribution in [2.24, 2.45) is 5.73 Å². The molecule has 100 valence electrons. The first-order chi connectivity index (χ1) is 9.29. The van der Waals surface area contributed by atoms with Gasteiger partial charge in [-0.2, -0.15) is 5.10 Å². The SMILES string of the molecule is Cc1cc2c(cc1-c1[nH]ncc1CCN)OCCO2. The van der Waals surface area contributed by atoms with E-state index < -0.39 is 0 Å². The van der Waals surface area contributed by atoms with Crippen LogP contribution in [-0.4, -0.2) is 30.0 Å². The maximum absolute atomic E-state index is 5.63. The molecule has 0 bridgehead atoms. The van der Waals surface area contributed by atoms with Gasteiger partial charge in [-0.05, 0) is 43.1 Å². The molecule has 0 fully saturated rings. The Morgan fingerprint density at radius 3 is 2.74 bits per heavy atom. The minimum absolute atomic E-state index is 0.591. The van der Waals surface area contributed by atoms with Gasteiger partial charge in [0.15, 0.2) is 11.5 Å². The second-order valence-corrected chi connectivity index (χ2v) is 4.62. The second-order valence-electron chi connectivity index (χ2n) is 4.62. The molecule has 19 heavy (non-hydrogen) atoms. The van der Waals surface area contributed by atoms with Crippen molar-refractivity contribution in [3.63, 3.8) is 0 Å². The van der Waals surface area contributed by atoms with Crippen molar-refractivity contribution in [3.05, 3.63) is 29.5 Å². The molecular weight excluding hydrogens is 242 g/mol. The molecule has 0 atom stereocenters. The van der Waals surface area contributed by atoms with Crippen LogP contribution in [0.2, 0.25) is 0 Å². The summed E-state index contributed by atoms with van der Waals surface area (Å²) in [6, 6.07) is 4.02. The molecule has 1 aromatic heterocycles. The molecular formula is C14H17N3O2. The lowest BCUT2D eigenvalue weighted by Gasteiger charge is -2.20. The molecule has 0 amide bonds. The van der Waals surface area contributed by atoms with Gasteiger partial charge in [-0.1, -0.05) is 0 Å². The summed E-state index contributed by atoms with van der Waals surface area (Å²) in [5, 5.41) is 7.17. The largest absolute Gasteiger partial charge is 0.486 e. The van der Waals surface area contributed by atoms with Gasteiger partial charge in [-0.15, -0.1) is 0 Å². The lowest BCUT2D eigenvalue weighted by atomic mass is 10.0. The quantitative estimate of drug-likeness (QED) is 0.879. The van der Waals surface area contributed by atoms with Crippen LogP contribution in [0.15, 0.2) is 18.3 Å². The fraction of sp³-hybridized carbons (Fsp3) is 0.357. The zero-order chi connectivity index (χ0) is 13.2. The van der Waals surface area contributed by atoms with E-state index >= 15 is 0 Å². The van der Waals surface area contributed by atoms with Crippen molar-refractivity contribution < 1.29 is 9.47 Å². The first-order valence-corrected chi connectivity index (χ1v) is 6.42. The van der Waals surface area contributed by atoms with Crippen LogP contribution in [0.1, 0.15) is 11.1 Å². The highest BCUT2D eigenvalue weighted by atomic mass is 16.6. The number of nitrogens with two attached hydrogens (primary N) is 1. The minimum Gasteiger partial charge on any atom is -0.486 e. The molecule has 0 radical (unpaired) electrons. The first kappa shape index (κ1) is 12.0. The number of ether oxygens (including phenoxy) is 2. The van der Waals surface area contributed by atoms with Crippen molar-refractivity contribution >= 4 is 0 Å². The Hall–Kier alpha value is -2.01. The summed E-state index contributed by atoms with van der Waals surface area (Å²) in [7, 11) is 0. The average molecular weight is 259 g/mol. The standard InChI is InChI=1S/C14H17N3O2/c1-9-6-12-13(19-5-4-18-12)7-11(9)14-10(2-3-15)8-16-17-14/h6-8H,2-5,15H2,1H3,(H,16,17). The summed E-state index contributed by atoms with van der Waals surface area (Å²) in [6.45, 7) is 3.86. The molecule has 0 aliphatic carbocycles. The lowest BCUT2D eigenvalue weighted by molar-refractivity contribution is 0.171. The van der Waals surface area contributed by atoms with Crippen molar-refractivity contribution in [1.29, 1.82) is 0 Å². The number of hydrogen-bond donors (Lipinski definition) is 2. The highest BCUT2D eigenvalue weighted by Gasteiger charge is 2.17. The van der Waals surface area contributed by atoms with Crippen LogP contribution in [0.4, 0.5) is 0 Å². The summed E-state index contributed by atoms with van der Waals surface area (Å²) in [6.07, 6.45) is 2.64. The van der Waals surface area contributed by atoms with Gasteiger partial charge in [0, 0.05) is 5.56 Å². The third kappa shape index (κ3) is 2.17. The van der Waals surface area contributed by atoms with Gasteiger partial charge in [0.2, 0.25) is 0 Å². The Morgan fingerprint density at radius 2 is 2.00 bits per heavy atom. The number of aromatic amines is 1. The Morgan fingerprint density at radius 1 is 1.26 bits per heavy atom. The molecule has 0 saturated carbocycles. The Kier molecular flexibility index (Phi) is 3.13. The molecule has 0 saturated heterocycles. The van der Waals surface area contributed by atoms with Gasteiger partial charge in [-0.25, -0.2) is 0 Å². The van der Waals surface area contributed by atoms with Crippen LogP contribution in [-0.2, 0) is 6.42 Å². The Labute approximate surface area is 111 Å². The Balaban J connectivity index is 2.06. The highest BCUT2D eigenvalue weighted by molar-refractivity contribution is 5.70. The third-order valence-electron chi connectivity index (χ3n) is 3.29. The maximum atomic E-state index is 5.63. The van der Waals surface area contributed by atoms with E-state index in [1.807, 2.05) is 18.3 Å². The van der Waals surface area contributed by atoms with E-state index in [1.165, 1.54) is 0 Å². The summed E-state index contributed by atoms with van der Waals surface area (Å²) >= 11 is 0. The predicted octanol–water partition coefficient (Wildman–Crippen LogP) is 1.66. The van der Waals surface area contributed by atoms with E-state index in [0.717, 1.165) is 40.3 Å². The van der Waals surface area contributed by atoms with Crippen LogP contribution in [0.5, 0.6) is 11.5 Å². The molecule has 1 aliphatic heterocycles. The minimum atomic E-state index is 0.591. The van der Waals surface area contributed by atoms with Crippen LogP contribution in [0.25, 0.3) is 11.3 Å². The number of fused-ring (bicyclic) bond motifs is 1. The number of aromatic nitrogens is 2. The van der Waals surface area contributed by atoms with Gasteiger partial charge < -0.3 is 15.2 Å². The normalized spacial score (nSPS) is 13.6. The summed E-state index contributed by atoms with van der Waals surface area (Å²) in [5.74, 6) is 1.60. The molecule has 5 nitrogen and oxygen atoms in total. The molecule has 3 N–H and O–H groups in total. The van der Waals surface area contributed by atoms with Gasteiger partial charge in [0.05, 0.1) is 11.9 Å². The van der Waals surface area contributed by atoms with Gasteiger partial charge in [0.1, 0.15) is 13.2 Å². The molecule has 0 spiro atoms. The van der Waals surface area contributed by atoms with Gasteiger partial charge in [0.25, 0.3) is 0 Å². The molecule has 1 aromatic carbocycles. The summed E-state index contributed by atoms with van der Waals surface area (Å²) in [4.78, 5) is 0. The first-order valence-electron chi connectivity index (χ1n) is 6.42. The van der Waals surface area contributed by atoms with Gasteiger partial charge in [-0.3, -0.25) is 5.10 Å². The topological polar surface area (TPSA) is 73.2 Å². The maximum Gasteiger partial charge on any atom is 0.162 e. The number of aryl methyl sites for hydroxylation is 1. The molecule has 2 aromatic rings. The lowest BCUT2D eigenvalue weighted by Crippen LogP contribution is -2.15. The third-order valence-corrected chi connectivity index (χ3v) is 3.29. The number of benzene rings is 1. The number of nitrogens with zero attached hydrogens (tertiary/aromatic N) is 1. The Bertz CT molecular complexity index is 592. The van der Waals surface area contributed by atoms with Crippen LogP contribution in [0, 0.1) is 6.92 Å². The molecule has 0 unspecified atom stereocenters. The highest BCUT2D eigenvalue weighted by Crippen LogP contribution is 2.37. The zero-order valence-corrected chi connectivity index (χ0v) is 10.9. The summed E-state index contributed by atoms with van der Waals surface area (Å²) < 4.78 is 11.2.